The number of benzene rings is 2. The third-order valence-corrected chi connectivity index (χ3v) is 6.18. The molecule has 2 atom stereocenters. The van der Waals surface area contributed by atoms with Crippen molar-refractivity contribution in [3.05, 3.63) is 84.2 Å². The number of allylic oxidation sites excluding steroid dienone is 2. The third kappa shape index (κ3) is 4.04. The van der Waals surface area contributed by atoms with Crippen LogP contribution in [-0.2, 0) is 11.2 Å². The molecular weight excluding hydrogens is 406 g/mol. The van der Waals surface area contributed by atoms with Crippen molar-refractivity contribution in [3.63, 3.8) is 0 Å². The molecule has 2 aromatic carbocycles. The Morgan fingerprint density at radius 1 is 1.16 bits per heavy atom. The Kier molecular flexibility index (Phi) is 5.16. The van der Waals surface area contributed by atoms with Gasteiger partial charge >= 0.3 is 0 Å². The van der Waals surface area contributed by atoms with Gasteiger partial charge in [-0.25, -0.2) is 4.99 Å². The maximum absolute atomic E-state index is 11.4. The lowest BCUT2D eigenvalue weighted by molar-refractivity contribution is -0.116. The van der Waals surface area contributed by atoms with Gasteiger partial charge in [-0.1, -0.05) is 36.4 Å². The van der Waals surface area contributed by atoms with Crippen LogP contribution in [0.2, 0.25) is 0 Å². The normalized spacial score (nSPS) is 20.0. The highest BCUT2D eigenvalue weighted by atomic mass is 35.5. The monoisotopic (exact) mass is 427 g/mol. The molecule has 0 aliphatic heterocycles. The van der Waals surface area contributed by atoms with Gasteiger partial charge in [0.2, 0.25) is 0 Å². The molecule has 1 N–H and O–H groups in total. The number of aromatic amines is 1. The number of aromatic nitrogens is 2. The fraction of sp³-hybridized carbons (Fsp3) is 0.192. The van der Waals surface area contributed by atoms with Crippen molar-refractivity contribution < 1.29 is 4.79 Å². The first-order chi connectivity index (χ1) is 15.1. The molecule has 0 bridgehead atoms. The van der Waals surface area contributed by atoms with Crippen LogP contribution in [0, 0.1) is 0 Å². The van der Waals surface area contributed by atoms with Crippen LogP contribution in [0.4, 0.5) is 5.82 Å². The summed E-state index contributed by atoms with van der Waals surface area (Å²) in [6.07, 6.45) is 7.03. The van der Waals surface area contributed by atoms with Crippen molar-refractivity contribution in [2.45, 2.75) is 31.1 Å². The minimum atomic E-state index is -0.130. The zero-order chi connectivity index (χ0) is 21.4. The first-order valence-corrected chi connectivity index (χ1v) is 10.8. The molecule has 2 unspecified atom stereocenters. The number of ketones is 1. The lowest BCUT2D eigenvalue weighted by Gasteiger charge is -2.24. The average Bonchev–Trinajstić information content (AvgIpc) is 3.16. The Labute approximate surface area is 185 Å². The zero-order valence-electron chi connectivity index (χ0n) is 17.2. The summed E-state index contributed by atoms with van der Waals surface area (Å²) in [5.41, 5.74) is 4.00. The number of H-pyrrole nitrogens is 1. The molecule has 0 saturated carbocycles. The standard InChI is InChI=1S/C26H22ClN3O/c1-16(31)12-17-6-9-24-19(13-17)14-25(30-24)29-20-7-8-23(27)22(15-20)26-21-5-3-2-4-18(21)10-11-28-26/h2-11,13-14,22-23,30H,12,15H2,1H3. The molecule has 154 valence electrons. The van der Waals surface area contributed by atoms with Crippen molar-refractivity contribution in [2.75, 3.05) is 0 Å². The number of carbonyl (C=O) groups excluding carboxylic acids is 1. The summed E-state index contributed by atoms with van der Waals surface area (Å²) >= 11 is 6.69. The molecule has 0 amide bonds. The van der Waals surface area contributed by atoms with Gasteiger partial charge < -0.3 is 4.98 Å². The summed E-state index contributed by atoms with van der Waals surface area (Å²) in [5.74, 6) is 1.02. The highest BCUT2D eigenvalue weighted by Crippen LogP contribution is 2.35. The van der Waals surface area contributed by atoms with Gasteiger partial charge in [0, 0.05) is 40.5 Å². The van der Waals surface area contributed by atoms with E-state index in [-0.39, 0.29) is 17.1 Å². The number of fused-ring (bicyclic) bond motifs is 2. The van der Waals surface area contributed by atoms with E-state index < -0.39 is 0 Å². The summed E-state index contributed by atoms with van der Waals surface area (Å²) in [6, 6.07) is 18.4. The Morgan fingerprint density at radius 3 is 2.90 bits per heavy atom. The molecule has 1 aliphatic rings. The number of carbonyl (C=O) groups is 1. The molecule has 0 spiro atoms. The number of hydrogen-bond donors (Lipinski definition) is 1. The topological polar surface area (TPSA) is 58.1 Å². The Hall–Kier alpha value is -3.24. The van der Waals surface area contributed by atoms with E-state index in [1.54, 1.807) is 6.92 Å². The fourth-order valence-corrected chi connectivity index (χ4v) is 4.57. The second-order valence-corrected chi connectivity index (χ2v) is 8.59. The smallest absolute Gasteiger partial charge is 0.134 e. The highest BCUT2D eigenvalue weighted by molar-refractivity contribution is 6.23. The molecule has 0 saturated heterocycles. The molecule has 31 heavy (non-hydrogen) atoms. The van der Waals surface area contributed by atoms with Crippen LogP contribution in [0.5, 0.6) is 0 Å². The van der Waals surface area contributed by atoms with Crippen molar-refractivity contribution in [2.24, 2.45) is 4.99 Å². The van der Waals surface area contributed by atoms with E-state index in [0.29, 0.717) is 6.42 Å². The average molecular weight is 428 g/mol. The van der Waals surface area contributed by atoms with Crippen LogP contribution < -0.4 is 0 Å². The van der Waals surface area contributed by atoms with Crippen LogP contribution in [-0.4, -0.2) is 26.8 Å². The second-order valence-electron chi connectivity index (χ2n) is 8.09. The first-order valence-electron chi connectivity index (χ1n) is 10.4. The summed E-state index contributed by atoms with van der Waals surface area (Å²) in [5, 5.41) is 3.23. The molecule has 0 fully saturated rings. The van der Waals surface area contributed by atoms with E-state index >= 15 is 0 Å². The van der Waals surface area contributed by atoms with Crippen LogP contribution >= 0.6 is 11.6 Å². The van der Waals surface area contributed by atoms with Crippen LogP contribution in [0.1, 0.15) is 30.5 Å². The number of rotatable bonds is 4. The van der Waals surface area contributed by atoms with E-state index in [4.69, 9.17) is 16.6 Å². The molecule has 5 rings (SSSR count). The summed E-state index contributed by atoms with van der Waals surface area (Å²) < 4.78 is 0. The van der Waals surface area contributed by atoms with E-state index in [1.165, 1.54) is 5.39 Å². The molecule has 5 heteroatoms. The SMILES string of the molecule is CC(=O)Cc1ccc2[nH]c(N=C3C=CC(Cl)C(c4nccc5ccccc45)C3)cc2c1. The van der Waals surface area contributed by atoms with Gasteiger partial charge in [0.25, 0.3) is 0 Å². The summed E-state index contributed by atoms with van der Waals surface area (Å²) in [7, 11) is 0. The molecule has 4 nitrogen and oxygen atoms in total. The van der Waals surface area contributed by atoms with Gasteiger partial charge in [0.05, 0.1) is 11.1 Å². The number of aliphatic imine (C=N–C) groups is 1. The van der Waals surface area contributed by atoms with Gasteiger partial charge in [-0.2, -0.15) is 0 Å². The summed E-state index contributed by atoms with van der Waals surface area (Å²) in [6.45, 7) is 1.61. The van der Waals surface area contributed by atoms with E-state index in [2.05, 4.69) is 22.1 Å². The molecule has 0 radical (unpaired) electrons. The number of alkyl halides is 1. The van der Waals surface area contributed by atoms with Crippen molar-refractivity contribution in [1.29, 1.82) is 0 Å². The van der Waals surface area contributed by atoms with Crippen LogP contribution in [0.15, 0.2) is 77.9 Å². The quantitative estimate of drug-likeness (QED) is 0.390. The number of Topliss-reactive ketones (excluding diaryl/α,β-unsaturated/α-hetero) is 1. The van der Waals surface area contributed by atoms with Gasteiger partial charge in [-0.05, 0) is 54.6 Å². The Morgan fingerprint density at radius 2 is 2.03 bits per heavy atom. The molecule has 2 heterocycles. The zero-order valence-corrected chi connectivity index (χ0v) is 17.9. The van der Waals surface area contributed by atoms with Gasteiger partial charge in [-0.15, -0.1) is 11.6 Å². The Balaban J connectivity index is 1.47. The maximum Gasteiger partial charge on any atom is 0.134 e. The Bertz CT molecular complexity index is 1350. The van der Waals surface area contributed by atoms with E-state index in [9.17, 15) is 4.79 Å². The lowest BCUT2D eigenvalue weighted by Crippen LogP contribution is -2.20. The lowest BCUT2D eigenvalue weighted by atomic mass is 9.87. The van der Waals surface area contributed by atoms with Gasteiger partial charge in [0.1, 0.15) is 11.6 Å². The number of hydrogen-bond acceptors (Lipinski definition) is 3. The number of halogens is 1. The second kappa shape index (κ2) is 8.12. The van der Waals surface area contributed by atoms with Crippen molar-refractivity contribution in [3.8, 4) is 0 Å². The molecular formula is C26H22ClN3O. The maximum atomic E-state index is 11.4. The third-order valence-electron chi connectivity index (χ3n) is 5.73. The molecule has 4 aromatic rings. The van der Waals surface area contributed by atoms with Gasteiger partial charge in [-0.3, -0.25) is 9.78 Å². The van der Waals surface area contributed by atoms with Crippen LogP contribution in [0.3, 0.4) is 0 Å². The molecule has 1 aliphatic carbocycles. The summed E-state index contributed by atoms with van der Waals surface area (Å²) in [4.78, 5) is 24.3. The number of nitrogens with zero attached hydrogens (tertiary/aromatic N) is 2. The van der Waals surface area contributed by atoms with Crippen molar-refractivity contribution >= 4 is 50.6 Å². The number of nitrogens with one attached hydrogen (secondary N) is 1. The van der Waals surface area contributed by atoms with E-state index in [0.717, 1.165) is 45.5 Å². The predicted octanol–water partition coefficient (Wildman–Crippen LogP) is 6.27. The minimum absolute atomic E-state index is 0.0584. The molecule has 2 aromatic heterocycles. The number of pyridine rings is 1. The first kappa shape index (κ1) is 19.7. The predicted molar refractivity (Wildman–Crippen MR) is 128 cm³/mol. The van der Waals surface area contributed by atoms with Crippen molar-refractivity contribution in [1.82, 2.24) is 9.97 Å². The van der Waals surface area contributed by atoms with Gasteiger partial charge in [0.15, 0.2) is 0 Å². The largest absolute Gasteiger partial charge is 0.340 e. The fourth-order valence-electron chi connectivity index (χ4n) is 4.29. The highest BCUT2D eigenvalue weighted by Gasteiger charge is 2.27. The van der Waals surface area contributed by atoms with E-state index in [1.807, 2.05) is 60.8 Å². The minimum Gasteiger partial charge on any atom is -0.340 e. The van der Waals surface area contributed by atoms with Crippen LogP contribution in [0.25, 0.3) is 21.7 Å².